The molecule has 5 heteroatoms. The summed E-state index contributed by atoms with van der Waals surface area (Å²) >= 11 is 0. The molecule has 2 unspecified atom stereocenters. The van der Waals surface area contributed by atoms with Crippen LogP contribution in [0.25, 0.3) is 10.9 Å². The first-order valence-electron chi connectivity index (χ1n) is 9.05. The van der Waals surface area contributed by atoms with Gasteiger partial charge in [0.25, 0.3) is 0 Å². The number of hydrogen-bond donors (Lipinski definition) is 2. The first-order valence-corrected chi connectivity index (χ1v) is 9.05. The number of pyridine rings is 1. The Morgan fingerprint density at radius 1 is 0.926 bits per heavy atom. The fourth-order valence-electron chi connectivity index (χ4n) is 3.49. The van der Waals surface area contributed by atoms with Crippen LogP contribution in [0.15, 0.2) is 54.7 Å². The van der Waals surface area contributed by atoms with E-state index >= 15 is 0 Å². The lowest BCUT2D eigenvalue weighted by molar-refractivity contribution is -0.122. The Morgan fingerprint density at radius 3 is 2.33 bits per heavy atom. The molecule has 1 saturated carbocycles. The van der Waals surface area contributed by atoms with Crippen LogP contribution < -0.4 is 10.6 Å². The predicted molar refractivity (Wildman–Crippen MR) is 107 cm³/mol. The normalized spacial score (nSPS) is 18.1. The van der Waals surface area contributed by atoms with Gasteiger partial charge in [-0.1, -0.05) is 24.3 Å². The highest BCUT2D eigenvalue weighted by atomic mass is 16.2. The fourth-order valence-corrected chi connectivity index (χ4v) is 3.49. The maximum absolute atomic E-state index is 12.6. The summed E-state index contributed by atoms with van der Waals surface area (Å²) in [6, 6.07) is 15.4. The highest BCUT2D eigenvalue weighted by Gasteiger charge is 2.48. The number of amides is 2. The second-order valence-electron chi connectivity index (χ2n) is 7.18. The lowest BCUT2D eigenvalue weighted by Gasteiger charge is -2.09. The third-order valence-corrected chi connectivity index (χ3v) is 4.84. The van der Waals surface area contributed by atoms with E-state index in [1.807, 2.05) is 56.3 Å². The minimum atomic E-state index is -0.296. The van der Waals surface area contributed by atoms with Crippen molar-refractivity contribution in [3.05, 3.63) is 65.9 Å². The van der Waals surface area contributed by atoms with Crippen molar-refractivity contribution in [2.75, 3.05) is 10.6 Å². The minimum Gasteiger partial charge on any atom is -0.326 e. The molecular formula is C22H21N3O2. The number of nitrogens with one attached hydrogen (secondary N) is 2. The molecule has 4 rings (SSSR count). The molecule has 0 aliphatic heterocycles. The van der Waals surface area contributed by atoms with Gasteiger partial charge in [0.2, 0.25) is 11.8 Å². The Morgan fingerprint density at radius 2 is 1.59 bits per heavy atom. The van der Waals surface area contributed by atoms with Crippen molar-refractivity contribution >= 4 is 34.1 Å². The molecule has 2 atom stereocenters. The summed E-state index contributed by atoms with van der Waals surface area (Å²) in [5, 5.41) is 6.83. The number of benzene rings is 2. The topological polar surface area (TPSA) is 71.1 Å². The second-order valence-corrected chi connectivity index (χ2v) is 7.18. The minimum absolute atomic E-state index is 0.101. The number of carbonyl (C=O) groups excluding carboxylic acids is 2. The Balaban J connectivity index is 1.42. The molecule has 2 amide bonds. The molecule has 2 aromatic carbocycles. The van der Waals surface area contributed by atoms with Crippen molar-refractivity contribution in [1.82, 2.24) is 4.98 Å². The first-order chi connectivity index (χ1) is 13.0. The zero-order valence-electron chi connectivity index (χ0n) is 15.3. The number of fused-ring (bicyclic) bond motifs is 1. The van der Waals surface area contributed by atoms with Crippen molar-refractivity contribution in [2.45, 2.75) is 20.3 Å². The van der Waals surface area contributed by atoms with Gasteiger partial charge in [0.05, 0.1) is 23.0 Å². The summed E-state index contributed by atoms with van der Waals surface area (Å²) in [6.45, 7) is 3.99. The van der Waals surface area contributed by atoms with Gasteiger partial charge >= 0.3 is 0 Å². The number of rotatable bonds is 4. The summed E-state index contributed by atoms with van der Waals surface area (Å²) in [4.78, 5) is 29.4. The summed E-state index contributed by atoms with van der Waals surface area (Å²) in [7, 11) is 0. The molecule has 136 valence electrons. The zero-order valence-corrected chi connectivity index (χ0v) is 15.3. The highest BCUT2D eigenvalue weighted by Crippen LogP contribution is 2.40. The molecule has 0 radical (unpaired) electrons. The molecule has 0 spiro atoms. The largest absolute Gasteiger partial charge is 0.326 e. The Kier molecular flexibility index (Phi) is 4.36. The summed E-state index contributed by atoms with van der Waals surface area (Å²) in [6.07, 6.45) is 2.27. The molecule has 1 aliphatic carbocycles. The fraction of sp³-hybridized carbons (Fsp3) is 0.227. The van der Waals surface area contributed by atoms with Gasteiger partial charge in [0.15, 0.2) is 0 Å². The SMILES string of the molecule is Cc1cc(C)cc(NC(=O)C2CC2C(=O)Nc2cccc3cccnc23)c1. The van der Waals surface area contributed by atoms with Crippen LogP contribution in [0.5, 0.6) is 0 Å². The van der Waals surface area contributed by atoms with Crippen molar-refractivity contribution in [2.24, 2.45) is 11.8 Å². The molecule has 1 fully saturated rings. The van der Waals surface area contributed by atoms with Crippen LogP contribution in [0.4, 0.5) is 11.4 Å². The molecular weight excluding hydrogens is 338 g/mol. The number of hydrogen-bond acceptors (Lipinski definition) is 3. The lowest BCUT2D eigenvalue weighted by Crippen LogP contribution is -2.20. The van der Waals surface area contributed by atoms with E-state index in [-0.39, 0.29) is 23.7 Å². The molecule has 0 bridgehead atoms. The maximum Gasteiger partial charge on any atom is 0.228 e. The summed E-state index contributed by atoms with van der Waals surface area (Å²) in [5.41, 5.74) is 4.41. The quantitative estimate of drug-likeness (QED) is 0.738. The molecule has 5 nitrogen and oxygen atoms in total. The van der Waals surface area contributed by atoms with Gasteiger partial charge in [0.1, 0.15) is 0 Å². The number of aryl methyl sites for hydroxylation is 2. The Labute approximate surface area is 157 Å². The third kappa shape index (κ3) is 3.67. The van der Waals surface area contributed by atoms with Crippen LogP contribution in [0.2, 0.25) is 0 Å². The number of carbonyl (C=O) groups is 2. The van der Waals surface area contributed by atoms with Crippen LogP contribution in [-0.4, -0.2) is 16.8 Å². The van der Waals surface area contributed by atoms with Crippen molar-refractivity contribution < 1.29 is 9.59 Å². The molecule has 1 aromatic heterocycles. The molecule has 1 aliphatic rings. The van der Waals surface area contributed by atoms with E-state index in [0.717, 1.165) is 27.7 Å². The predicted octanol–water partition coefficient (Wildman–Crippen LogP) is 4.06. The highest BCUT2D eigenvalue weighted by molar-refractivity contribution is 6.06. The number of para-hydroxylation sites is 1. The molecule has 3 aromatic rings. The monoisotopic (exact) mass is 359 g/mol. The van der Waals surface area contributed by atoms with Crippen molar-refractivity contribution in [1.29, 1.82) is 0 Å². The smallest absolute Gasteiger partial charge is 0.228 e. The number of anilines is 2. The van der Waals surface area contributed by atoms with E-state index in [1.54, 1.807) is 6.20 Å². The average molecular weight is 359 g/mol. The first kappa shape index (κ1) is 17.2. The van der Waals surface area contributed by atoms with E-state index in [2.05, 4.69) is 21.7 Å². The average Bonchev–Trinajstić information content (AvgIpc) is 3.42. The zero-order chi connectivity index (χ0) is 19.0. The van der Waals surface area contributed by atoms with E-state index < -0.39 is 0 Å². The van der Waals surface area contributed by atoms with Crippen molar-refractivity contribution in [3.8, 4) is 0 Å². The van der Waals surface area contributed by atoms with Crippen LogP contribution >= 0.6 is 0 Å². The van der Waals surface area contributed by atoms with E-state index in [4.69, 9.17) is 0 Å². The summed E-state index contributed by atoms with van der Waals surface area (Å²) < 4.78 is 0. The lowest BCUT2D eigenvalue weighted by atomic mass is 10.1. The van der Waals surface area contributed by atoms with Crippen LogP contribution in [0.3, 0.4) is 0 Å². The summed E-state index contributed by atoms with van der Waals surface area (Å²) in [5.74, 6) is -0.812. The maximum atomic E-state index is 12.6. The van der Waals surface area contributed by atoms with Gasteiger partial charge in [-0.25, -0.2) is 0 Å². The van der Waals surface area contributed by atoms with E-state index in [1.165, 1.54) is 0 Å². The van der Waals surface area contributed by atoms with Gasteiger partial charge < -0.3 is 10.6 Å². The van der Waals surface area contributed by atoms with Gasteiger partial charge in [-0.3, -0.25) is 14.6 Å². The van der Waals surface area contributed by atoms with Gasteiger partial charge in [-0.15, -0.1) is 0 Å². The van der Waals surface area contributed by atoms with Crippen LogP contribution in [0, 0.1) is 25.7 Å². The van der Waals surface area contributed by atoms with Gasteiger partial charge in [0, 0.05) is 17.3 Å². The molecule has 27 heavy (non-hydrogen) atoms. The molecule has 1 heterocycles. The Hall–Kier alpha value is -3.21. The third-order valence-electron chi connectivity index (χ3n) is 4.84. The van der Waals surface area contributed by atoms with Crippen LogP contribution in [-0.2, 0) is 9.59 Å². The van der Waals surface area contributed by atoms with E-state index in [9.17, 15) is 9.59 Å². The van der Waals surface area contributed by atoms with Gasteiger partial charge in [-0.05, 0) is 55.7 Å². The number of aromatic nitrogens is 1. The van der Waals surface area contributed by atoms with Gasteiger partial charge in [-0.2, -0.15) is 0 Å². The molecule has 2 N–H and O–H groups in total. The van der Waals surface area contributed by atoms with Crippen molar-refractivity contribution in [3.63, 3.8) is 0 Å². The molecule has 0 saturated heterocycles. The van der Waals surface area contributed by atoms with E-state index in [0.29, 0.717) is 12.1 Å². The number of nitrogens with zero attached hydrogens (tertiary/aromatic N) is 1. The Bertz CT molecular complexity index is 1020. The second kappa shape index (κ2) is 6.83. The standard InChI is InChI=1S/C22H21N3O2/c1-13-9-14(2)11-16(10-13)24-21(26)17-12-18(17)22(27)25-19-7-3-5-15-6-4-8-23-20(15)19/h3-11,17-18H,12H2,1-2H3,(H,24,26)(H,25,27). The van der Waals surface area contributed by atoms with Crippen LogP contribution in [0.1, 0.15) is 17.5 Å².